The van der Waals surface area contributed by atoms with Gasteiger partial charge in [0.05, 0.1) is 20.3 Å². The van der Waals surface area contributed by atoms with Crippen molar-refractivity contribution in [3.8, 4) is 11.5 Å². The second kappa shape index (κ2) is 6.78. The second-order valence-electron chi connectivity index (χ2n) is 4.50. The molecule has 1 N–H and O–H groups in total. The van der Waals surface area contributed by atoms with Gasteiger partial charge in [0.25, 0.3) is 0 Å². The zero-order valence-corrected chi connectivity index (χ0v) is 12.9. The van der Waals surface area contributed by atoms with Crippen molar-refractivity contribution in [3.05, 3.63) is 58.4 Å². The van der Waals surface area contributed by atoms with E-state index in [0.29, 0.717) is 22.1 Å². The van der Waals surface area contributed by atoms with Crippen LogP contribution < -0.4 is 14.8 Å². The first-order valence-electron chi connectivity index (χ1n) is 6.44. The molecule has 21 heavy (non-hydrogen) atoms. The number of methoxy groups -OCH3 is 2. The quantitative estimate of drug-likeness (QED) is 0.911. The van der Waals surface area contributed by atoms with Crippen LogP contribution in [0.1, 0.15) is 17.2 Å². The predicted octanol–water partition coefficient (Wildman–Crippen LogP) is 3.81. The van der Waals surface area contributed by atoms with Crippen molar-refractivity contribution in [1.29, 1.82) is 0 Å². The van der Waals surface area contributed by atoms with Gasteiger partial charge < -0.3 is 14.8 Å². The predicted molar refractivity (Wildman–Crippen MR) is 81.9 cm³/mol. The Labute approximate surface area is 128 Å². The fourth-order valence-electron chi connectivity index (χ4n) is 2.27. The average Bonchev–Trinajstić information content (AvgIpc) is 2.51. The Morgan fingerprint density at radius 3 is 2.38 bits per heavy atom. The molecule has 3 nitrogen and oxygen atoms in total. The molecule has 0 heterocycles. The van der Waals surface area contributed by atoms with Gasteiger partial charge >= 0.3 is 0 Å². The molecule has 0 saturated carbocycles. The molecule has 0 aliphatic rings. The van der Waals surface area contributed by atoms with E-state index in [0.717, 1.165) is 5.56 Å². The van der Waals surface area contributed by atoms with Gasteiger partial charge in [-0.2, -0.15) is 0 Å². The first-order chi connectivity index (χ1) is 10.1. The van der Waals surface area contributed by atoms with Crippen LogP contribution in [0.5, 0.6) is 11.5 Å². The van der Waals surface area contributed by atoms with Crippen molar-refractivity contribution < 1.29 is 13.9 Å². The number of ether oxygens (including phenoxy) is 2. The van der Waals surface area contributed by atoms with E-state index >= 15 is 0 Å². The molecule has 0 fully saturated rings. The van der Waals surface area contributed by atoms with Crippen LogP contribution in [-0.4, -0.2) is 21.3 Å². The summed E-state index contributed by atoms with van der Waals surface area (Å²) in [5.41, 5.74) is 1.58. The molecule has 0 amide bonds. The maximum atomic E-state index is 13.5. The Morgan fingerprint density at radius 1 is 1.05 bits per heavy atom. The molecular formula is C16H17ClFNO2. The highest BCUT2D eigenvalue weighted by atomic mass is 35.5. The third-order valence-corrected chi connectivity index (χ3v) is 3.64. The van der Waals surface area contributed by atoms with Crippen LogP contribution in [0.2, 0.25) is 5.02 Å². The topological polar surface area (TPSA) is 30.5 Å². The third kappa shape index (κ3) is 3.28. The van der Waals surface area contributed by atoms with Gasteiger partial charge in [0.15, 0.2) is 11.5 Å². The highest BCUT2D eigenvalue weighted by Gasteiger charge is 2.18. The van der Waals surface area contributed by atoms with Crippen LogP contribution in [0.3, 0.4) is 0 Å². The Morgan fingerprint density at radius 2 is 1.76 bits per heavy atom. The molecule has 2 aromatic carbocycles. The normalized spacial score (nSPS) is 12.0. The Kier molecular flexibility index (Phi) is 5.04. The van der Waals surface area contributed by atoms with Gasteiger partial charge in [0.1, 0.15) is 5.82 Å². The first kappa shape index (κ1) is 15.6. The molecule has 0 spiro atoms. The SMILES string of the molecule is CNC(c1ccc(OC)c(OC)c1)c1cc(F)ccc1Cl. The molecule has 1 unspecified atom stereocenters. The summed E-state index contributed by atoms with van der Waals surface area (Å²) >= 11 is 6.19. The maximum Gasteiger partial charge on any atom is 0.161 e. The monoisotopic (exact) mass is 309 g/mol. The number of nitrogens with one attached hydrogen (secondary N) is 1. The lowest BCUT2D eigenvalue weighted by Crippen LogP contribution is -2.18. The van der Waals surface area contributed by atoms with Gasteiger partial charge in [-0.05, 0) is 48.5 Å². The van der Waals surface area contributed by atoms with Crippen LogP contribution >= 0.6 is 11.6 Å². The molecular weight excluding hydrogens is 293 g/mol. The third-order valence-electron chi connectivity index (χ3n) is 3.30. The van der Waals surface area contributed by atoms with Crippen LogP contribution in [0.15, 0.2) is 36.4 Å². The summed E-state index contributed by atoms with van der Waals surface area (Å²) in [6.07, 6.45) is 0. The molecule has 5 heteroatoms. The Balaban J connectivity index is 2.48. The molecule has 0 aromatic heterocycles. The highest BCUT2D eigenvalue weighted by Crippen LogP contribution is 2.34. The fourth-order valence-corrected chi connectivity index (χ4v) is 2.50. The van der Waals surface area contributed by atoms with Gasteiger partial charge in [0, 0.05) is 5.02 Å². The van der Waals surface area contributed by atoms with Gasteiger partial charge in [-0.15, -0.1) is 0 Å². The molecule has 112 valence electrons. The second-order valence-corrected chi connectivity index (χ2v) is 4.91. The number of benzene rings is 2. The van der Waals surface area contributed by atoms with Gasteiger partial charge in [-0.3, -0.25) is 0 Å². The van der Waals surface area contributed by atoms with E-state index in [1.54, 1.807) is 27.3 Å². The van der Waals surface area contributed by atoms with Gasteiger partial charge in [-0.1, -0.05) is 17.7 Å². The number of hydrogen-bond donors (Lipinski definition) is 1. The van der Waals surface area contributed by atoms with Crippen molar-refractivity contribution in [2.24, 2.45) is 0 Å². The minimum atomic E-state index is -0.324. The largest absolute Gasteiger partial charge is 0.493 e. The number of hydrogen-bond acceptors (Lipinski definition) is 3. The molecule has 0 aliphatic carbocycles. The number of halogens is 2. The lowest BCUT2D eigenvalue weighted by Gasteiger charge is -2.20. The minimum Gasteiger partial charge on any atom is -0.493 e. The van der Waals surface area contributed by atoms with E-state index in [9.17, 15) is 4.39 Å². The lowest BCUT2D eigenvalue weighted by molar-refractivity contribution is 0.354. The zero-order chi connectivity index (χ0) is 15.4. The standard InChI is InChI=1S/C16H17ClFNO2/c1-19-16(12-9-11(18)5-6-13(12)17)10-4-7-14(20-2)15(8-10)21-3/h4-9,16,19H,1-3H3. The molecule has 0 saturated heterocycles. The van der Waals surface area contributed by atoms with Crippen molar-refractivity contribution in [2.45, 2.75) is 6.04 Å². The van der Waals surface area contributed by atoms with E-state index in [2.05, 4.69) is 5.32 Å². The summed E-state index contributed by atoms with van der Waals surface area (Å²) in [5, 5.41) is 3.65. The Hall–Kier alpha value is -1.78. The maximum absolute atomic E-state index is 13.5. The summed E-state index contributed by atoms with van der Waals surface area (Å²) in [6, 6.07) is 9.63. The van der Waals surface area contributed by atoms with Crippen molar-refractivity contribution in [3.63, 3.8) is 0 Å². The summed E-state index contributed by atoms with van der Waals surface area (Å²) in [7, 11) is 4.95. The van der Waals surface area contributed by atoms with E-state index in [4.69, 9.17) is 21.1 Å². The minimum absolute atomic E-state index is 0.243. The molecule has 1 atom stereocenters. The molecule has 0 aliphatic heterocycles. The molecule has 2 aromatic rings. The first-order valence-corrected chi connectivity index (χ1v) is 6.82. The van der Waals surface area contributed by atoms with E-state index in [-0.39, 0.29) is 11.9 Å². The van der Waals surface area contributed by atoms with E-state index in [1.807, 2.05) is 18.2 Å². The van der Waals surface area contributed by atoms with Crippen LogP contribution in [0.25, 0.3) is 0 Å². The van der Waals surface area contributed by atoms with Crippen LogP contribution in [0.4, 0.5) is 4.39 Å². The molecule has 0 bridgehead atoms. The van der Waals surface area contributed by atoms with E-state index < -0.39 is 0 Å². The smallest absolute Gasteiger partial charge is 0.161 e. The van der Waals surface area contributed by atoms with Crippen molar-refractivity contribution in [1.82, 2.24) is 5.32 Å². The fraction of sp³-hybridized carbons (Fsp3) is 0.250. The lowest BCUT2D eigenvalue weighted by atomic mass is 9.98. The summed E-state index contributed by atoms with van der Waals surface area (Å²) in [4.78, 5) is 0. The van der Waals surface area contributed by atoms with Gasteiger partial charge in [0.2, 0.25) is 0 Å². The highest BCUT2D eigenvalue weighted by molar-refractivity contribution is 6.31. The molecule has 2 rings (SSSR count). The van der Waals surface area contributed by atoms with Crippen LogP contribution in [0, 0.1) is 5.82 Å². The molecule has 0 radical (unpaired) electrons. The van der Waals surface area contributed by atoms with Crippen molar-refractivity contribution >= 4 is 11.6 Å². The summed E-state index contributed by atoms with van der Waals surface area (Å²) < 4.78 is 24.0. The van der Waals surface area contributed by atoms with Gasteiger partial charge in [-0.25, -0.2) is 4.39 Å². The average molecular weight is 310 g/mol. The number of rotatable bonds is 5. The Bertz CT molecular complexity index is 634. The van der Waals surface area contributed by atoms with E-state index in [1.165, 1.54) is 12.1 Å². The van der Waals surface area contributed by atoms with Crippen LogP contribution in [-0.2, 0) is 0 Å². The van der Waals surface area contributed by atoms with Crippen molar-refractivity contribution in [2.75, 3.05) is 21.3 Å². The zero-order valence-electron chi connectivity index (χ0n) is 12.1. The summed E-state index contributed by atoms with van der Waals surface area (Å²) in [6.45, 7) is 0. The summed E-state index contributed by atoms with van der Waals surface area (Å²) in [5.74, 6) is 0.930.